The van der Waals surface area contributed by atoms with E-state index in [1.54, 1.807) is 23.8 Å². The second kappa shape index (κ2) is 18.2. The Balaban J connectivity index is 1.52. The molecule has 0 radical (unpaired) electrons. The maximum absolute atomic E-state index is 14.0. The first-order valence-electron chi connectivity index (χ1n) is 19.2. The topological polar surface area (TPSA) is 77.5 Å². The van der Waals surface area contributed by atoms with Gasteiger partial charge in [0.25, 0.3) is 0 Å². The van der Waals surface area contributed by atoms with Crippen molar-refractivity contribution in [2.45, 2.75) is 136 Å². The predicted octanol–water partition coefficient (Wildman–Crippen LogP) is 9.68. The van der Waals surface area contributed by atoms with Gasteiger partial charge in [-0.25, -0.2) is 0 Å². The lowest BCUT2D eigenvalue weighted by Crippen LogP contribution is -2.52. The summed E-state index contributed by atoms with van der Waals surface area (Å²) in [6, 6.07) is 18.1. The summed E-state index contributed by atoms with van der Waals surface area (Å²) in [6.07, 6.45) is 0.740. The number of thiocarbonyl (C=S) groups is 1. The fourth-order valence-corrected chi connectivity index (χ4v) is 10.7. The van der Waals surface area contributed by atoms with Crippen LogP contribution in [0.3, 0.4) is 0 Å². The van der Waals surface area contributed by atoms with Crippen molar-refractivity contribution in [3.8, 4) is 5.75 Å². The highest BCUT2D eigenvalue weighted by Gasteiger charge is 2.47. The molecule has 0 aliphatic carbocycles. The van der Waals surface area contributed by atoms with Gasteiger partial charge in [-0.15, -0.1) is 0 Å². The minimum atomic E-state index is -2.03. The molecule has 2 fully saturated rings. The molecule has 2 heterocycles. The number of benzene rings is 2. The second-order valence-corrected chi connectivity index (χ2v) is 23.4. The van der Waals surface area contributed by atoms with Crippen LogP contribution in [-0.4, -0.2) is 71.9 Å². The number of rotatable bonds is 15. The number of amides is 1. The molecule has 1 amide bonds. The molecular formula is C42H65NO6S2Si. The molecule has 2 aliphatic heterocycles. The summed E-state index contributed by atoms with van der Waals surface area (Å²) in [5.74, 6) is 0.979. The maximum Gasteiger partial charge on any atom is 0.233 e. The van der Waals surface area contributed by atoms with Gasteiger partial charge in [0.2, 0.25) is 5.91 Å². The van der Waals surface area contributed by atoms with E-state index in [-0.39, 0.29) is 59.0 Å². The van der Waals surface area contributed by atoms with E-state index < -0.39 is 26.6 Å². The Morgan fingerprint density at radius 2 is 1.65 bits per heavy atom. The Morgan fingerprint density at radius 3 is 2.23 bits per heavy atom. The van der Waals surface area contributed by atoms with Crippen molar-refractivity contribution in [3.05, 3.63) is 65.7 Å². The Morgan fingerprint density at radius 1 is 1.04 bits per heavy atom. The third-order valence-corrected chi connectivity index (χ3v) is 18.1. The minimum absolute atomic E-state index is 0.0193. The summed E-state index contributed by atoms with van der Waals surface area (Å²) in [6.45, 7) is 24.3. The summed E-state index contributed by atoms with van der Waals surface area (Å²) >= 11 is 7.22. The summed E-state index contributed by atoms with van der Waals surface area (Å²) in [4.78, 5) is 15.7. The highest BCUT2D eigenvalue weighted by Crippen LogP contribution is 2.44. The first kappa shape index (κ1) is 42.9. The van der Waals surface area contributed by atoms with Gasteiger partial charge in [0, 0.05) is 29.3 Å². The van der Waals surface area contributed by atoms with E-state index in [0.29, 0.717) is 10.7 Å². The van der Waals surface area contributed by atoms with Crippen LogP contribution in [-0.2, 0) is 25.1 Å². The highest BCUT2D eigenvalue weighted by atomic mass is 32.2. The lowest BCUT2D eigenvalue weighted by molar-refractivity contribution is -0.295. The van der Waals surface area contributed by atoms with E-state index in [1.165, 1.54) is 5.56 Å². The van der Waals surface area contributed by atoms with Gasteiger partial charge in [-0.3, -0.25) is 9.69 Å². The van der Waals surface area contributed by atoms with E-state index in [9.17, 15) is 9.90 Å². The first-order chi connectivity index (χ1) is 24.4. The Kier molecular flexibility index (Phi) is 15.1. The molecule has 4 rings (SSSR count). The summed E-state index contributed by atoms with van der Waals surface area (Å²) in [7, 11) is -0.365. The molecule has 0 spiro atoms. The van der Waals surface area contributed by atoms with Gasteiger partial charge in [-0.2, -0.15) is 0 Å². The number of aliphatic hydroxyl groups is 1. The number of hydrogen-bond acceptors (Lipinski definition) is 8. The van der Waals surface area contributed by atoms with Crippen LogP contribution in [0, 0.1) is 29.6 Å². The molecular weight excluding hydrogens is 707 g/mol. The van der Waals surface area contributed by atoms with E-state index >= 15 is 0 Å². The zero-order valence-corrected chi connectivity index (χ0v) is 36.3. The van der Waals surface area contributed by atoms with Crippen LogP contribution in [0.2, 0.25) is 18.1 Å². The molecule has 2 saturated heterocycles. The van der Waals surface area contributed by atoms with Gasteiger partial charge in [-0.1, -0.05) is 129 Å². The third-order valence-electron chi connectivity index (χ3n) is 12.0. The van der Waals surface area contributed by atoms with Crippen molar-refractivity contribution in [1.29, 1.82) is 0 Å². The van der Waals surface area contributed by atoms with Crippen LogP contribution in [0.25, 0.3) is 0 Å². The van der Waals surface area contributed by atoms with E-state index in [2.05, 4.69) is 80.6 Å². The van der Waals surface area contributed by atoms with Crippen molar-refractivity contribution in [2.24, 2.45) is 29.6 Å². The van der Waals surface area contributed by atoms with Gasteiger partial charge in [0.05, 0.1) is 37.4 Å². The molecule has 0 bridgehead atoms. The third kappa shape index (κ3) is 10.1. The number of carbonyl (C=O) groups excluding carboxylic acids is 1. The number of methoxy groups -OCH3 is 1. The van der Waals surface area contributed by atoms with Crippen LogP contribution in [0.1, 0.15) is 92.6 Å². The standard InChI is InChI=1S/C42H65NO6S2Si/c1-13-35(49-52(11,12)42(7,8)9)28(4)38-30(6)37(47-40(48-38)32-19-21-34(46-10)22-20-32)27(3)23-26(2)36(44)29(5)39(45)43-33(25-51-41(43)50)24-31-17-15-14-16-18-31/h14-22,26-30,33,35-38,40,44H,13,23-25H2,1-12H3/t26-,27+,28-,29+,30-,33+,35+,36-,37-,38-,40+/m0/s1. The van der Waals surface area contributed by atoms with Crippen molar-refractivity contribution < 1.29 is 28.5 Å². The molecule has 2 aromatic rings. The average Bonchev–Trinajstić information content (AvgIpc) is 3.48. The first-order valence-corrected chi connectivity index (χ1v) is 23.5. The maximum atomic E-state index is 14.0. The van der Waals surface area contributed by atoms with Crippen LogP contribution in [0.5, 0.6) is 5.75 Å². The molecule has 0 aromatic heterocycles. The van der Waals surface area contributed by atoms with Crippen molar-refractivity contribution in [2.75, 3.05) is 12.9 Å². The molecule has 2 aromatic carbocycles. The summed E-state index contributed by atoms with van der Waals surface area (Å²) in [5.41, 5.74) is 2.12. The van der Waals surface area contributed by atoms with Gasteiger partial charge < -0.3 is 23.7 Å². The second-order valence-electron chi connectivity index (χ2n) is 16.9. The van der Waals surface area contributed by atoms with Crippen molar-refractivity contribution in [3.63, 3.8) is 0 Å². The smallest absolute Gasteiger partial charge is 0.233 e. The quantitative estimate of drug-likeness (QED) is 0.142. The minimum Gasteiger partial charge on any atom is -0.497 e. The molecule has 0 saturated carbocycles. The lowest BCUT2D eigenvalue weighted by atomic mass is 9.77. The lowest BCUT2D eigenvalue weighted by Gasteiger charge is -2.48. The number of nitrogens with zero attached hydrogens (tertiary/aromatic N) is 1. The van der Waals surface area contributed by atoms with Crippen LogP contribution in [0.15, 0.2) is 54.6 Å². The number of carbonyl (C=O) groups is 1. The number of aliphatic hydroxyl groups excluding tert-OH is 1. The Bertz CT molecular complexity index is 1450. The molecule has 52 heavy (non-hydrogen) atoms. The Hall–Kier alpha value is -1.79. The molecule has 7 nitrogen and oxygen atoms in total. The summed E-state index contributed by atoms with van der Waals surface area (Å²) < 4.78 is 26.8. The molecule has 11 atom stereocenters. The number of hydrogen-bond donors (Lipinski definition) is 1. The molecule has 1 N–H and O–H groups in total. The predicted molar refractivity (Wildman–Crippen MR) is 220 cm³/mol. The number of thioether (sulfide) groups is 1. The van der Waals surface area contributed by atoms with E-state index in [1.807, 2.05) is 49.4 Å². The van der Waals surface area contributed by atoms with Gasteiger partial charge in [0.1, 0.15) is 10.1 Å². The summed E-state index contributed by atoms with van der Waals surface area (Å²) in [5, 5.41) is 11.8. The van der Waals surface area contributed by atoms with Crippen LogP contribution < -0.4 is 4.74 Å². The van der Waals surface area contributed by atoms with Crippen LogP contribution >= 0.6 is 24.0 Å². The number of ether oxygens (including phenoxy) is 3. The highest BCUT2D eigenvalue weighted by molar-refractivity contribution is 8.23. The normalized spacial score (nSPS) is 26.4. The van der Waals surface area contributed by atoms with Gasteiger partial charge in [0.15, 0.2) is 14.6 Å². The van der Waals surface area contributed by atoms with Crippen molar-refractivity contribution in [1.82, 2.24) is 4.90 Å². The van der Waals surface area contributed by atoms with E-state index in [0.717, 1.165) is 29.9 Å². The average molecular weight is 772 g/mol. The van der Waals surface area contributed by atoms with Crippen LogP contribution in [0.4, 0.5) is 0 Å². The largest absolute Gasteiger partial charge is 0.497 e. The van der Waals surface area contributed by atoms with Gasteiger partial charge >= 0.3 is 0 Å². The van der Waals surface area contributed by atoms with Gasteiger partial charge in [-0.05, 0) is 66.9 Å². The Labute approximate surface area is 325 Å². The fourth-order valence-electron chi connectivity index (χ4n) is 7.74. The fraction of sp³-hybridized carbons (Fsp3) is 0.667. The zero-order chi connectivity index (χ0) is 38.5. The monoisotopic (exact) mass is 771 g/mol. The van der Waals surface area contributed by atoms with Crippen molar-refractivity contribution >= 4 is 42.5 Å². The molecule has 290 valence electrons. The zero-order valence-electron chi connectivity index (χ0n) is 33.6. The van der Waals surface area contributed by atoms with E-state index in [4.69, 9.17) is 30.9 Å². The SMILES string of the molecule is CC[C@@H](O[Si](C)(C)C(C)(C)C)[C@H](C)[C@@H]1O[C@H](c2ccc(OC)cc2)O[C@@H]([C@H](C)C[C@H](C)[C@H](O)[C@@H](C)C(=O)N2C(=S)SC[C@H]2Cc2ccccc2)[C@@H]1C. The molecule has 2 aliphatic rings. The molecule has 10 heteroatoms. The molecule has 0 unspecified atom stereocenters.